The lowest BCUT2D eigenvalue weighted by Crippen LogP contribution is -2.46. The van der Waals surface area contributed by atoms with Gasteiger partial charge in [-0.15, -0.1) is 0 Å². The number of benzene rings is 2. The van der Waals surface area contributed by atoms with E-state index in [-0.39, 0.29) is 0 Å². The average molecular weight is 321 g/mol. The zero-order valence-corrected chi connectivity index (χ0v) is 14.3. The maximum Gasteiger partial charge on any atom is 0.113 e. The molecule has 1 saturated heterocycles. The minimum atomic E-state index is 0.929. The summed E-state index contributed by atoms with van der Waals surface area (Å²) in [5.41, 5.74) is 7.26. The molecule has 124 valence electrons. The molecule has 1 N–H and O–H groups in total. The number of nitrogens with one attached hydrogen (secondary N) is 1. The summed E-state index contributed by atoms with van der Waals surface area (Å²) < 4.78 is 0. The Kier molecular flexibility index (Phi) is 3.94. The molecule has 0 radical (unpaired) electrons. The number of H-pyrrole nitrogens is 1. The normalized spacial score (nSPS) is 16.0. The molecule has 0 amide bonds. The molecule has 0 atom stereocenters. The van der Waals surface area contributed by atoms with Crippen LogP contribution in [0.5, 0.6) is 0 Å². The van der Waals surface area contributed by atoms with Crippen molar-refractivity contribution in [1.82, 2.24) is 20.3 Å². The number of piperazine rings is 1. The van der Waals surface area contributed by atoms with Crippen molar-refractivity contribution in [3.05, 3.63) is 53.1 Å². The summed E-state index contributed by atoms with van der Waals surface area (Å²) in [4.78, 5) is 5.03. The third-order valence-corrected chi connectivity index (χ3v) is 4.86. The number of nitrogens with zero attached hydrogens (tertiary/aromatic N) is 4. The molecule has 1 aliphatic rings. The smallest absolute Gasteiger partial charge is 0.113 e. The van der Waals surface area contributed by atoms with Gasteiger partial charge in [0.2, 0.25) is 0 Å². The largest absolute Gasteiger partial charge is 0.369 e. The Balaban J connectivity index is 1.41. The van der Waals surface area contributed by atoms with Crippen LogP contribution in [0.1, 0.15) is 16.7 Å². The highest BCUT2D eigenvalue weighted by molar-refractivity contribution is 5.74. The highest BCUT2D eigenvalue weighted by Crippen LogP contribution is 2.23. The molecule has 2 aromatic carbocycles. The molecule has 5 nitrogen and oxygen atoms in total. The average Bonchev–Trinajstić information content (AvgIpc) is 3.06. The number of rotatable bonds is 3. The van der Waals surface area contributed by atoms with Crippen molar-refractivity contribution in [2.45, 2.75) is 20.4 Å². The second kappa shape index (κ2) is 6.24. The zero-order chi connectivity index (χ0) is 16.5. The maximum atomic E-state index is 4.18. The number of aromatic amines is 1. The molecule has 1 aliphatic heterocycles. The first kappa shape index (κ1) is 15.1. The van der Waals surface area contributed by atoms with Crippen molar-refractivity contribution in [2.75, 3.05) is 31.1 Å². The van der Waals surface area contributed by atoms with Gasteiger partial charge in [-0.3, -0.25) is 4.90 Å². The Morgan fingerprint density at radius 3 is 2.54 bits per heavy atom. The van der Waals surface area contributed by atoms with Crippen LogP contribution in [0.3, 0.4) is 0 Å². The van der Waals surface area contributed by atoms with Crippen molar-refractivity contribution < 1.29 is 0 Å². The standard InChI is InChI=1S/C19H23N5/c1-14-3-4-15(2)19(11-14)24-9-7-23(8-10-24)13-16-5-6-17-18(12-16)21-22-20-17/h3-6,11-12H,7-10,13H2,1-2H3,(H,20,21,22). The van der Waals surface area contributed by atoms with E-state index in [1.165, 1.54) is 22.4 Å². The van der Waals surface area contributed by atoms with Crippen LogP contribution in [-0.2, 0) is 6.54 Å². The molecule has 1 fully saturated rings. The quantitative estimate of drug-likeness (QED) is 0.806. The second-order valence-electron chi connectivity index (χ2n) is 6.70. The van der Waals surface area contributed by atoms with Crippen molar-refractivity contribution >= 4 is 16.7 Å². The summed E-state index contributed by atoms with van der Waals surface area (Å²) in [6.07, 6.45) is 0. The van der Waals surface area contributed by atoms with Gasteiger partial charge in [0.05, 0.1) is 0 Å². The number of fused-ring (bicyclic) bond motifs is 1. The van der Waals surface area contributed by atoms with Crippen molar-refractivity contribution in [2.24, 2.45) is 0 Å². The highest BCUT2D eigenvalue weighted by atomic mass is 15.3. The molecule has 0 aliphatic carbocycles. The van der Waals surface area contributed by atoms with Crippen LogP contribution in [0.2, 0.25) is 0 Å². The van der Waals surface area contributed by atoms with Gasteiger partial charge in [0, 0.05) is 38.4 Å². The van der Waals surface area contributed by atoms with Gasteiger partial charge in [0.25, 0.3) is 0 Å². The molecule has 3 aromatic rings. The molecular formula is C19H23N5. The van der Waals surface area contributed by atoms with Gasteiger partial charge in [0.1, 0.15) is 11.0 Å². The fourth-order valence-corrected chi connectivity index (χ4v) is 3.45. The summed E-state index contributed by atoms with van der Waals surface area (Å²) in [6.45, 7) is 9.68. The van der Waals surface area contributed by atoms with Gasteiger partial charge >= 0.3 is 0 Å². The Hall–Kier alpha value is -2.40. The van der Waals surface area contributed by atoms with E-state index in [1.807, 2.05) is 6.07 Å². The van der Waals surface area contributed by atoms with E-state index in [0.29, 0.717) is 0 Å². The van der Waals surface area contributed by atoms with E-state index in [2.05, 4.69) is 69.4 Å². The van der Waals surface area contributed by atoms with Crippen molar-refractivity contribution in [3.63, 3.8) is 0 Å². The predicted molar refractivity (Wildman–Crippen MR) is 97.3 cm³/mol. The molecule has 0 unspecified atom stereocenters. The molecule has 4 rings (SSSR count). The first-order valence-electron chi connectivity index (χ1n) is 8.53. The number of aryl methyl sites for hydroxylation is 2. The van der Waals surface area contributed by atoms with Crippen LogP contribution in [0.4, 0.5) is 5.69 Å². The molecule has 2 heterocycles. The van der Waals surface area contributed by atoms with Crippen LogP contribution >= 0.6 is 0 Å². The van der Waals surface area contributed by atoms with Gasteiger partial charge in [0.15, 0.2) is 0 Å². The van der Waals surface area contributed by atoms with Crippen LogP contribution < -0.4 is 4.90 Å². The molecule has 5 heteroatoms. The van der Waals surface area contributed by atoms with E-state index in [1.54, 1.807) is 0 Å². The van der Waals surface area contributed by atoms with Crippen molar-refractivity contribution in [1.29, 1.82) is 0 Å². The van der Waals surface area contributed by atoms with Crippen LogP contribution in [0, 0.1) is 13.8 Å². The summed E-state index contributed by atoms with van der Waals surface area (Å²) >= 11 is 0. The minimum absolute atomic E-state index is 0.929. The van der Waals surface area contributed by atoms with Crippen LogP contribution in [0.15, 0.2) is 36.4 Å². The monoisotopic (exact) mass is 321 g/mol. The van der Waals surface area contributed by atoms with E-state index in [9.17, 15) is 0 Å². The predicted octanol–water partition coefficient (Wildman–Crippen LogP) is 2.90. The molecular weight excluding hydrogens is 298 g/mol. The molecule has 0 bridgehead atoms. The van der Waals surface area contributed by atoms with Gasteiger partial charge in [-0.2, -0.15) is 15.4 Å². The van der Waals surface area contributed by atoms with Gasteiger partial charge in [-0.05, 0) is 48.7 Å². The van der Waals surface area contributed by atoms with Gasteiger partial charge < -0.3 is 4.90 Å². The lowest BCUT2D eigenvalue weighted by molar-refractivity contribution is 0.250. The number of hydrogen-bond donors (Lipinski definition) is 1. The number of aromatic nitrogens is 3. The Morgan fingerprint density at radius 2 is 1.71 bits per heavy atom. The zero-order valence-electron chi connectivity index (χ0n) is 14.3. The maximum absolute atomic E-state index is 4.18. The van der Waals surface area contributed by atoms with Crippen LogP contribution in [-0.4, -0.2) is 46.5 Å². The molecule has 0 saturated carbocycles. The molecule has 24 heavy (non-hydrogen) atoms. The summed E-state index contributed by atoms with van der Waals surface area (Å²) in [5, 5.41) is 11.0. The Labute approximate surface area is 142 Å². The third kappa shape index (κ3) is 2.99. The first-order valence-corrected chi connectivity index (χ1v) is 8.53. The van der Waals surface area contributed by atoms with E-state index >= 15 is 0 Å². The lowest BCUT2D eigenvalue weighted by Gasteiger charge is -2.37. The summed E-state index contributed by atoms with van der Waals surface area (Å²) in [5.74, 6) is 0. The van der Waals surface area contributed by atoms with E-state index in [0.717, 1.165) is 43.8 Å². The number of hydrogen-bond acceptors (Lipinski definition) is 4. The third-order valence-electron chi connectivity index (χ3n) is 4.86. The molecule has 1 aromatic heterocycles. The summed E-state index contributed by atoms with van der Waals surface area (Å²) in [7, 11) is 0. The van der Waals surface area contributed by atoms with Gasteiger partial charge in [-0.25, -0.2) is 0 Å². The van der Waals surface area contributed by atoms with E-state index < -0.39 is 0 Å². The number of anilines is 1. The van der Waals surface area contributed by atoms with Crippen LogP contribution in [0.25, 0.3) is 11.0 Å². The van der Waals surface area contributed by atoms with Gasteiger partial charge in [-0.1, -0.05) is 18.2 Å². The SMILES string of the molecule is Cc1ccc(C)c(N2CCN(Cc3ccc4n[nH]nc4c3)CC2)c1. The summed E-state index contributed by atoms with van der Waals surface area (Å²) in [6, 6.07) is 13.1. The fraction of sp³-hybridized carbons (Fsp3) is 0.368. The Bertz CT molecular complexity index is 846. The first-order chi connectivity index (χ1) is 11.7. The lowest BCUT2D eigenvalue weighted by atomic mass is 10.1. The van der Waals surface area contributed by atoms with Crippen molar-refractivity contribution in [3.8, 4) is 0 Å². The topological polar surface area (TPSA) is 48.0 Å². The Morgan fingerprint density at radius 1 is 0.917 bits per heavy atom. The minimum Gasteiger partial charge on any atom is -0.369 e. The fourth-order valence-electron chi connectivity index (χ4n) is 3.45. The molecule has 0 spiro atoms. The highest BCUT2D eigenvalue weighted by Gasteiger charge is 2.18. The van der Waals surface area contributed by atoms with E-state index in [4.69, 9.17) is 0 Å². The second-order valence-corrected chi connectivity index (χ2v) is 6.70.